The second kappa shape index (κ2) is 8.58. The van der Waals surface area contributed by atoms with Crippen molar-refractivity contribution in [3.63, 3.8) is 0 Å². The van der Waals surface area contributed by atoms with Crippen molar-refractivity contribution in [1.29, 1.82) is 0 Å². The third-order valence-corrected chi connectivity index (χ3v) is 11.4. The summed E-state index contributed by atoms with van der Waals surface area (Å²) >= 11 is 0. The van der Waals surface area contributed by atoms with E-state index in [1.54, 1.807) is 0 Å². The van der Waals surface area contributed by atoms with Crippen LogP contribution in [0, 0.1) is 46.3 Å². The molecular weight excluding hydrogens is 416 g/mol. The van der Waals surface area contributed by atoms with Crippen LogP contribution in [0.2, 0.25) is 0 Å². The van der Waals surface area contributed by atoms with Crippen LogP contribution in [0.25, 0.3) is 0 Å². The van der Waals surface area contributed by atoms with Crippen LogP contribution in [-0.2, 0) is 0 Å². The minimum Gasteiger partial charge on any atom is -0.393 e. The Balaban J connectivity index is 1.61. The SMILES string of the molecule is C=C(CC[C@@H](C)[C@H]1CC[C@H]2[C@@H]3C[C@@H](O)[C@@]4(O)C[C@@H](O)C[C@H](O)[C@]4(C)[C@H]3[C@H](O)C[C@]12C)C(C)C. The van der Waals surface area contributed by atoms with Crippen molar-refractivity contribution in [2.24, 2.45) is 46.3 Å². The summed E-state index contributed by atoms with van der Waals surface area (Å²) in [6.07, 6.45) is 2.27. The molecule has 33 heavy (non-hydrogen) atoms. The van der Waals surface area contributed by atoms with E-state index in [1.165, 1.54) is 5.57 Å². The summed E-state index contributed by atoms with van der Waals surface area (Å²) in [5.74, 6) is 1.71. The average molecular weight is 465 g/mol. The fourth-order valence-electron chi connectivity index (χ4n) is 9.32. The van der Waals surface area contributed by atoms with Gasteiger partial charge in [0.05, 0.1) is 24.4 Å². The van der Waals surface area contributed by atoms with Crippen LogP contribution in [0.15, 0.2) is 12.2 Å². The van der Waals surface area contributed by atoms with Crippen molar-refractivity contribution < 1.29 is 25.5 Å². The highest BCUT2D eigenvalue weighted by molar-refractivity contribution is 5.21. The van der Waals surface area contributed by atoms with Crippen LogP contribution >= 0.6 is 0 Å². The smallest absolute Gasteiger partial charge is 0.101 e. The van der Waals surface area contributed by atoms with Crippen molar-refractivity contribution in [3.05, 3.63) is 12.2 Å². The van der Waals surface area contributed by atoms with Crippen molar-refractivity contribution in [2.45, 2.75) is 116 Å². The van der Waals surface area contributed by atoms with Crippen molar-refractivity contribution in [2.75, 3.05) is 0 Å². The molecule has 0 amide bonds. The zero-order chi connectivity index (χ0) is 24.5. The Hall–Kier alpha value is -0.460. The number of rotatable bonds is 5. The molecule has 0 unspecified atom stereocenters. The number of hydrogen-bond donors (Lipinski definition) is 5. The molecule has 5 N–H and O–H groups in total. The van der Waals surface area contributed by atoms with Crippen LogP contribution in [0.3, 0.4) is 0 Å². The standard InChI is InChI=1S/C28H48O5/c1-15(2)16(3)7-8-17(4)20-9-10-21-19-12-24(32)28(33)13-18(29)11-23(31)27(28,6)25(19)22(30)14-26(20,21)5/h15,17-25,29-33H,3,7-14H2,1-2,4-6H3/t17-,18+,19+,20-,21+,22-,23+,24-,25-,26-,27-,28+/m1/s1. The quantitative estimate of drug-likeness (QED) is 0.400. The van der Waals surface area contributed by atoms with Gasteiger partial charge in [0.15, 0.2) is 0 Å². The van der Waals surface area contributed by atoms with Gasteiger partial charge >= 0.3 is 0 Å². The van der Waals surface area contributed by atoms with E-state index in [9.17, 15) is 25.5 Å². The number of aliphatic hydroxyl groups is 5. The van der Waals surface area contributed by atoms with Crippen LogP contribution in [0.1, 0.15) is 86.0 Å². The highest BCUT2D eigenvalue weighted by Gasteiger charge is 2.72. The zero-order valence-electron chi connectivity index (χ0n) is 21.4. The molecule has 190 valence electrons. The molecule has 4 aliphatic carbocycles. The summed E-state index contributed by atoms with van der Waals surface area (Å²) < 4.78 is 0. The molecule has 5 nitrogen and oxygen atoms in total. The van der Waals surface area contributed by atoms with E-state index in [1.807, 2.05) is 6.92 Å². The monoisotopic (exact) mass is 464 g/mol. The average Bonchev–Trinajstić information content (AvgIpc) is 3.05. The van der Waals surface area contributed by atoms with Gasteiger partial charge in [-0.2, -0.15) is 0 Å². The van der Waals surface area contributed by atoms with Gasteiger partial charge in [-0.25, -0.2) is 0 Å². The molecule has 0 spiro atoms. The molecular formula is C28H48O5. The van der Waals surface area contributed by atoms with Gasteiger partial charge < -0.3 is 25.5 Å². The molecule has 0 aromatic carbocycles. The van der Waals surface area contributed by atoms with Gasteiger partial charge in [-0.05, 0) is 85.9 Å². The molecule has 0 aromatic heterocycles. The molecule has 4 fully saturated rings. The van der Waals surface area contributed by atoms with Crippen molar-refractivity contribution in [1.82, 2.24) is 0 Å². The first-order valence-electron chi connectivity index (χ1n) is 13.4. The Kier molecular flexibility index (Phi) is 6.67. The Morgan fingerprint density at radius 2 is 1.64 bits per heavy atom. The fraction of sp³-hybridized carbons (Fsp3) is 0.929. The van der Waals surface area contributed by atoms with E-state index in [-0.39, 0.29) is 30.1 Å². The zero-order valence-corrected chi connectivity index (χ0v) is 21.4. The predicted molar refractivity (Wildman–Crippen MR) is 129 cm³/mol. The van der Waals surface area contributed by atoms with E-state index in [4.69, 9.17) is 0 Å². The van der Waals surface area contributed by atoms with E-state index in [2.05, 4.69) is 34.3 Å². The molecule has 12 atom stereocenters. The Bertz CT molecular complexity index is 753. The summed E-state index contributed by atoms with van der Waals surface area (Å²) in [6.45, 7) is 15.2. The molecule has 4 rings (SSSR count). The lowest BCUT2D eigenvalue weighted by Crippen LogP contribution is -2.74. The molecule has 4 aliphatic rings. The molecule has 0 aromatic rings. The van der Waals surface area contributed by atoms with Gasteiger partial charge in [0.2, 0.25) is 0 Å². The van der Waals surface area contributed by atoms with E-state index < -0.39 is 35.4 Å². The first-order valence-corrected chi connectivity index (χ1v) is 13.4. The topological polar surface area (TPSA) is 101 Å². The summed E-state index contributed by atoms with van der Waals surface area (Å²) in [4.78, 5) is 0. The minimum atomic E-state index is -1.58. The lowest BCUT2D eigenvalue weighted by Gasteiger charge is -2.67. The van der Waals surface area contributed by atoms with Gasteiger partial charge in [-0.1, -0.05) is 46.8 Å². The van der Waals surface area contributed by atoms with E-state index in [0.29, 0.717) is 36.5 Å². The number of allylic oxidation sites excluding steroid dienone is 1. The normalized spacial score (nSPS) is 52.7. The van der Waals surface area contributed by atoms with Crippen molar-refractivity contribution >= 4 is 0 Å². The van der Waals surface area contributed by atoms with Gasteiger partial charge in [0.1, 0.15) is 5.60 Å². The number of aliphatic hydroxyl groups excluding tert-OH is 4. The Morgan fingerprint density at radius 1 is 0.970 bits per heavy atom. The fourth-order valence-corrected chi connectivity index (χ4v) is 9.32. The van der Waals surface area contributed by atoms with Crippen LogP contribution < -0.4 is 0 Å². The first kappa shape index (κ1) is 25.6. The van der Waals surface area contributed by atoms with Crippen LogP contribution in [-0.4, -0.2) is 55.5 Å². The number of fused-ring (bicyclic) bond motifs is 5. The van der Waals surface area contributed by atoms with E-state index >= 15 is 0 Å². The Morgan fingerprint density at radius 3 is 2.27 bits per heavy atom. The van der Waals surface area contributed by atoms with Crippen molar-refractivity contribution in [3.8, 4) is 0 Å². The maximum Gasteiger partial charge on any atom is 0.101 e. The molecule has 0 aliphatic heterocycles. The second-order valence-corrected chi connectivity index (χ2v) is 13.2. The third kappa shape index (κ3) is 3.67. The van der Waals surface area contributed by atoms with Crippen LogP contribution in [0.4, 0.5) is 0 Å². The maximum absolute atomic E-state index is 11.6. The van der Waals surface area contributed by atoms with Gasteiger partial charge in [-0.3, -0.25) is 0 Å². The molecule has 0 radical (unpaired) electrons. The summed E-state index contributed by atoms with van der Waals surface area (Å²) in [5.41, 5.74) is -1.32. The highest BCUT2D eigenvalue weighted by Crippen LogP contribution is 2.69. The molecule has 5 heteroatoms. The van der Waals surface area contributed by atoms with Crippen LogP contribution in [0.5, 0.6) is 0 Å². The first-order chi connectivity index (χ1) is 15.3. The summed E-state index contributed by atoms with van der Waals surface area (Å²) in [6, 6.07) is 0. The van der Waals surface area contributed by atoms with E-state index in [0.717, 1.165) is 25.7 Å². The van der Waals surface area contributed by atoms with Gasteiger partial charge in [0, 0.05) is 11.8 Å². The predicted octanol–water partition coefficient (Wildman–Crippen LogP) is 3.66. The second-order valence-electron chi connectivity index (χ2n) is 13.2. The maximum atomic E-state index is 11.6. The molecule has 0 saturated heterocycles. The minimum absolute atomic E-state index is 0.0101. The summed E-state index contributed by atoms with van der Waals surface area (Å²) in [5, 5.41) is 55.9. The lowest BCUT2D eigenvalue weighted by atomic mass is 9.41. The highest BCUT2D eigenvalue weighted by atomic mass is 16.4. The third-order valence-electron chi connectivity index (χ3n) is 11.4. The molecule has 0 heterocycles. The molecule has 4 saturated carbocycles. The summed E-state index contributed by atoms with van der Waals surface area (Å²) in [7, 11) is 0. The Labute approximate surface area is 200 Å². The lowest BCUT2D eigenvalue weighted by molar-refractivity contribution is -0.310. The van der Waals surface area contributed by atoms with Gasteiger partial charge in [0.25, 0.3) is 0 Å². The van der Waals surface area contributed by atoms with Gasteiger partial charge in [-0.15, -0.1) is 0 Å². The molecule has 0 bridgehead atoms. The number of hydrogen-bond acceptors (Lipinski definition) is 5. The largest absolute Gasteiger partial charge is 0.393 e.